The van der Waals surface area contributed by atoms with E-state index < -0.39 is 0 Å². The smallest absolute Gasteiger partial charge is 0.317 e. The number of rotatable bonds is 3. The Morgan fingerprint density at radius 2 is 2.22 bits per heavy atom. The van der Waals surface area contributed by atoms with Crippen LogP contribution in [0.2, 0.25) is 10.0 Å². The van der Waals surface area contributed by atoms with Gasteiger partial charge in [-0.1, -0.05) is 35.3 Å². The summed E-state index contributed by atoms with van der Waals surface area (Å²) in [6.07, 6.45) is -0.189. The van der Waals surface area contributed by atoms with Crippen molar-refractivity contribution < 1.29 is 9.53 Å². The van der Waals surface area contributed by atoms with Crippen LogP contribution in [0.4, 0.5) is 4.79 Å². The van der Waals surface area contributed by atoms with Gasteiger partial charge in [-0.25, -0.2) is 4.79 Å². The van der Waals surface area contributed by atoms with Crippen molar-refractivity contribution in [3.8, 4) is 0 Å². The minimum atomic E-state index is -0.189. The molecule has 1 atom stereocenters. The van der Waals surface area contributed by atoms with Gasteiger partial charge in [0.05, 0.1) is 29.7 Å². The molecule has 0 bridgehead atoms. The zero-order chi connectivity index (χ0) is 16.2. The fourth-order valence-corrected chi connectivity index (χ4v) is 3.39. The van der Waals surface area contributed by atoms with Crippen LogP contribution in [0.15, 0.2) is 35.7 Å². The molecule has 1 aromatic carbocycles. The summed E-state index contributed by atoms with van der Waals surface area (Å²) in [5.41, 5.74) is 0.926. The molecule has 7 heteroatoms. The summed E-state index contributed by atoms with van der Waals surface area (Å²) in [6.45, 7) is 2.12. The average molecular weight is 371 g/mol. The molecule has 122 valence electrons. The predicted molar refractivity (Wildman–Crippen MR) is 93.3 cm³/mol. The quantitative estimate of drug-likeness (QED) is 0.872. The largest absolute Gasteiger partial charge is 0.370 e. The van der Waals surface area contributed by atoms with Crippen molar-refractivity contribution in [1.82, 2.24) is 10.2 Å². The molecule has 3 rings (SSSR count). The molecular formula is C16H16Cl2N2O2S. The van der Waals surface area contributed by atoms with Gasteiger partial charge in [0.15, 0.2) is 0 Å². The number of hydrogen-bond acceptors (Lipinski definition) is 3. The summed E-state index contributed by atoms with van der Waals surface area (Å²) >= 11 is 13.6. The Bertz CT molecular complexity index is 679. The van der Waals surface area contributed by atoms with Crippen molar-refractivity contribution in [2.75, 3.05) is 19.7 Å². The number of carbonyl (C=O) groups is 1. The first-order chi connectivity index (χ1) is 11.1. The van der Waals surface area contributed by atoms with Crippen molar-refractivity contribution in [2.45, 2.75) is 12.6 Å². The summed E-state index contributed by atoms with van der Waals surface area (Å²) in [5, 5.41) is 5.94. The van der Waals surface area contributed by atoms with Crippen molar-refractivity contribution in [3.05, 3.63) is 56.2 Å². The highest BCUT2D eigenvalue weighted by Crippen LogP contribution is 2.29. The highest BCUT2D eigenvalue weighted by molar-refractivity contribution is 7.09. The average Bonchev–Trinajstić information content (AvgIpc) is 3.09. The zero-order valence-corrected chi connectivity index (χ0v) is 14.6. The summed E-state index contributed by atoms with van der Waals surface area (Å²) in [4.78, 5) is 15.2. The Balaban J connectivity index is 1.60. The van der Waals surface area contributed by atoms with Gasteiger partial charge in [-0.2, -0.15) is 0 Å². The van der Waals surface area contributed by atoms with Crippen molar-refractivity contribution in [1.29, 1.82) is 0 Å². The predicted octanol–water partition coefficient (Wildman–Crippen LogP) is 4.34. The van der Waals surface area contributed by atoms with Crippen LogP contribution in [0, 0.1) is 0 Å². The number of morpholine rings is 1. The first-order valence-electron chi connectivity index (χ1n) is 7.25. The molecule has 1 fully saturated rings. The maximum Gasteiger partial charge on any atom is 0.317 e. The Morgan fingerprint density at radius 1 is 1.35 bits per heavy atom. The second-order valence-corrected chi connectivity index (χ2v) is 7.06. The van der Waals surface area contributed by atoms with E-state index in [1.165, 1.54) is 0 Å². The number of amides is 2. The minimum absolute atomic E-state index is 0.0771. The van der Waals surface area contributed by atoms with E-state index in [4.69, 9.17) is 27.9 Å². The lowest BCUT2D eigenvalue weighted by Gasteiger charge is -2.33. The fourth-order valence-electron chi connectivity index (χ4n) is 2.44. The van der Waals surface area contributed by atoms with E-state index in [2.05, 4.69) is 5.32 Å². The number of hydrogen-bond donors (Lipinski definition) is 1. The van der Waals surface area contributed by atoms with Crippen LogP contribution in [0.1, 0.15) is 16.5 Å². The molecule has 1 aliphatic heterocycles. The lowest BCUT2D eigenvalue weighted by atomic mass is 10.1. The molecule has 4 nitrogen and oxygen atoms in total. The number of thiophene rings is 1. The summed E-state index contributed by atoms with van der Waals surface area (Å²) in [5.74, 6) is 0. The molecule has 2 heterocycles. The second kappa shape index (κ2) is 7.53. The minimum Gasteiger partial charge on any atom is -0.370 e. The van der Waals surface area contributed by atoms with Gasteiger partial charge in [0, 0.05) is 11.4 Å². The van der Waals surface area contributed by atoms with Gasteiger partial charge in [-0.05, 0) is 29.1 Å². The van der Waals surface area contributed by atoms with Gasteiger partial charge in [0.25, 0.3) is 0 Å². The van der Waals surface area contributed by atoms with Gasteiger partial charge in [0.1, 0.15) is 6.10 Å². The molecule has 2 amide bonds. The summed E-state index contributed by atoms with van der Waals surface area (Å²) < 4.78 is 5.77. The Labute approximate surface area is 149 Å². The maximum absolute atomic E-state index is 12.3. The van der Waals surface area contributed by atoms with Crippen LogP contribution >= 0.6 is 34.5 Å². The van der Waals surface area contributed by atoms with Crippen LogP contribution in [-0.2, 0) is 11.3 Å². The van der Waals surface area contributed by atoms with Crippen molar-refractivity contribution >= 4 is 40.6 Å². The molecular weight excluding hydrogens is 355 g/mol. The van der Waals surface area contributed by atoms with E-state index in [1.807, 2.05) is 23.6 Å². The van der Waals surface area contributed by atoms with Gasteiger partial charge in [-0.3, -0.25) is 0 Å². The number of halogens is 2. The summed E-state index contributed by atoms with van der Waals surface area (Å²) in [6, 6.07) is 9.32. The first-order valence-corrected chi connectivity index (χ1v) is 8.89. The molecule has 0 spiro atoms. The molecule has 0 saturated carbocycles. The number of nitrogens with one attached hydrogen (secondary N) is 1. The van der Waals surface area contributed by atoms with Crippen LogP contribution < -0.4 is 5.32 Å². The first kappa shape index (κ1) is 16.6. The number of nitrogens with zero attached hydrogens (tertiary/aromatic N) is 1. The fraction of sp³-hybridized carbons (Fsp3) is 0.312. The van der Waals surface area contributed by atoms with Crippen molar-refractivity contribution in [3.63, 3.8) is 0 Å². The molecule has 2 aromatic rings. The van der Waals surface area contributed by atoms with Crippen LogP contribution in [0.3, 0.4) is 0 Å². The summed E-state index contributed by atoms with van der Waals surface area (Å²) in [7, 11) is 0. The van der Waals surface area contributed by atoms with E-state index in [-0.39, 0.29) is 12.1 Å². The lowest BCUT2D eigenvalue weighted by Crippen LogP contribution is -2.46. The lowest BCUT2D eigenvalue weighted by molar-refractivity contribution is -0.0154. The van der Waals surface area contributed by atoms with Gasteiger partial charge >= 0.3 is 6.03 Å². The monoisotopic (exact) mass is 370 g/mol. The second-order valence-electron chi connectivity index (χ2n) is 5.22. The molecule has 1 aromatic heterocycles. The Kier molecular flexibility index (Phi) is 5.43. The molecule has 0 aliphatic carbocycles. The number of benzene rings is 1. The van der Waals surface area contributed by atoms with Crippen LogP contribution in [-0.4, -0.2) is 30.6 Å². The van der Waals surface area contributed by atoms with E-state index in [9.17, 15) is 4.79 Å². The highest BCUT2D eigenvalue weighted by atomic mass is 35.5. The molecule has 1 N–H and O–H groups in total. The molecule has 0 radical (unpaired) electrons. The molecule has 1 saturated heterocycles. The topological polar surface area (TPSA) is 41.6 Å². The number of ether oxygens (including phenoxy) is 1. The van der Waals surface area contributed by atoms with Crippen LogP contribution in [0.25, 0.3) is 0 Å². The number of urea groups is 1. The third-order valence-corrected chi connectivity index (χ3v) is 5.28. The van der Waals surface area contributed by atoms with E-state index in [0.29, 0.717) is 36.3 Å². The van der Waals surface area contributed by atoms with E-state index in [0.717, 1.165) is 10.4 Å². The molecule has 1 aliphatic rings. The van der Waals surface area contributed by atoms with E-state index in [1.54, 1.807) is 28.4 Å². The van der Waals surface area contributed by atoms with Crippen molar-refractivity contribution in [2.24, 2.45) is 0 Å². The van der Waals surface area contributed by atoms with Gasteiger partial charge in [0.2, 0.25) is 0 Å². The SMILES string of the molecule is O=C(NCc1cccs1)N1CCO[C@H](c2ccc(Cl)c(Cl)c2)C1. The van der Waals surface area contributed by atoms with Gasteiger partial charge in [-0.15, -0.1) is 11.3 Å². The Hall–Kier alpha value is -1.27. The molecule has 23 heavy (non-hydrogen) atoms. The van der Waals surface area contributed by atoms with E-state index >= 15 is 0 Å². The third-order valence-electron chi connectivity index (χ3n) is 3.66. The standard InChI is InChI=1S/C16H16Cl2N2O2S/c17-13-4-3-11(8-14(13)18)15-10-20(5-6-22-15)16(21)19-9-12-2-1-7-23-12/h1-4,7-8,15H,5-6,9-10H2,(H,19,21)/t15-/m0/s1. The highest BCUT2D eigenvalue weighted by Gasteiger charge is 2.25. The maximum atomic E-state index is 12.3. The normalized spacial score (nSPS) is 18.0. The third kappa shape index (κ3) is 4.18. The molecule has 0 unspecified atom stereocenters. The zero-order valence-electron chi connectivity index (χ0n) is 12.3. The van der Waals surface area contributed by atoms with Gasteiger partial charge < -0.3 is 15.0 Å². The van der Waals surface area contributed by atoms with Crippen LogP contribution in [0.5, 0.6) is 0 Å². The Morgan fingerprint density at radius 3 is 2.96 bits per heavy atom. The number of carbonyl (C=O) groups excluding carboxylic acids is 1.